The molecular formula is C21H26N4O2. The van der Waals surface area contributed by atoms with Gasteiger partial charge in [0.05, 0.1) is 6.54 Å². The fraction of sp³-hybridized carbons (Fsp3) is 0.524. The number of nitrogens with one attached hydrogen (secondary N) is 2. The highest BCUT2D eigenvalue weighted by atomic mass is 16.2. The minimum atomic E-state index is 0.0268. The number of H-pyrrole nitrogens is 1. The zero-order chi connectivity index (χ0) is 18.6. The molecule has 2 amide bonds. The van der Waals surface area contributed by atoms with Gasteiger partial charge in [0, 0.05) is 48.2 Å². The molecule has 6 heteroatoms. The number of fused-ring (bicyclic) bond motifs is 3. The number of aliphatic imine (C=N–C) groups is 1. The Morgan fingerprint density at radius 1 is 1.30 bits per heavy atom. The van der Waals surface area contributed by atoms with Crippen LogP contribution in [0.25, 0.3) is 10.9 Å². The third kappa shape index (κ3) is 3.91. The fourth-order valence-electron chi connectivity index (χ4n) is 4.60. The number of carbonyl (C=O) groups excluding carboxylic acids is 2. The fourth-order valence-corrected chi connectivity index (χ4v) is 4.60. The van der Waals surface area contributed by atoms with Crippen LogP contribution in [0, 0.1) is 11.8 Å². The van der Waals surface area contributed by atoms with E-state index < -0.39 is 0 Å². The summed E-state index contributed by atoms with van der Waals surface area (Å²) in [5.41, 5.74) is 3.65. The Morgan fingerprint density at radius 3 is 3.04 bits per heavy atom. The molecule has 142 valence electrons. The molecule has 1 aliphatic heterocycles. The number of nitrogens with zero attached hydrogens (tertiary/aromatic N) is 2. The van der Waals surface area contributed by atoms with Crippen molar-refractivity contribution in [3.05, 3.63) is 35.5 Å². The first kappa shape index (κ1) is 17.8. The quantitative estimate of drug-likeness (QED) is 0.643. The highest BCUT2D eigenvalue weighted by Crippen LogP contribution is 2.29. The molecule has 6 nitrogen and oxygen atoms in total. The number of urea groups is 1. The van der Waals surface area contributed by atoms with Crippen molar-refractivity contribution in [3.63, 3.8) is 0 Å². The zero-order valence-electron chi connectivity index (χ0n) is 15.5. The second kappa shape index (κ2) is 7.97. The number of aromatic amines is 1. The van der Waals surface area contributed by atoms with Crippen LogP contribution >= 0.6 is 0 Å². The summed E-state index contributed by atoms with van der Waals surface area (Å²) in [5, 5.41) is 4.36. The van der Waals surface area contributed by atoms with E-state index in [0.717, 1.165) is 44.2 Å². The Bertz CT molecular complexity index is 868. The van der Waals surface area contributed by atoms with E-state index in [-0.39, 0.29) is 6.03 Å². The maximum absolute atomic E-state index is 12.7. The summed E-state index contributed by atoms with van der Waals surface area (Å²) in [6, 6.07) is 8.32. The molecule has 0 spiro atoms. The maximum Gasteiger partial charge on any atom is 0.317 e. The van der Waals surface area contributed by atoms with Gasteiger partial charge in [0.2, 0.25) is 6.08 Å². The molecule has 0 saturated heterocycles. The Kier molecular flexibility index (Phi) is 5.26. The van der Waals surface area contributed by atoms with Crippen molar-refractivity contribution < 1.29 is 9.59 Å². The number of hydrogen-bond acceptors (Lipinski definition) is 3. The van der Waals surface area contributed by atoms with Gasteiger partial charge in [-0.1, -0.05) is 24.6 Å². The Balaban J connectivity index is 1.33. The molecule has 1 saturated carbocycles. The molecule has 4 rings (SSSR count). The van der Waals surface area contributed by atoms with Crippen LogP contribution in [-0.4, -0.2) is 41.6 Å². The molecule has 1 fully saturated rings. The SMILES string of the molecule is O=C=NCC1CCCC(CNC(=O)N2CCc3[nH]c4ccccc4c3C2)C1. The van der Waals surface area contributed by atoms with Gasteiger partial charge in [-0.15, -0.1) is 0 Å². The van der Waals surface area contributed by atoms with Crippen molar-refractivity contribution in [3.8, 4) is 0 Å². The van der Waals surface area contributed by atoms with Gasteiger partial charge in [-0.25, -0.2) is 14.6 Å². The number of rotatable bonds is 4. The van der Waals surface area contributed by atoms with Gasteiger partial charge in [-0.05, 0) is 37.2 Å². The highest BCUT2D eigenvalue weighted by Gasteiger charge is 2.26. The highest BCUT2D eigenvalue weighted by molar-refractivity contribution is 5.85. The lowest BCUT2D eigenvalue weighted by Crippen LogP contribution is -2.44. The number of carbonyl (C=O) groups is 1. The van der Waals surface area contributed by atoms with E-state index in [1.165, 1.54) is 16.6 Å². The molecular weight excluding hydrogens is 340 g/mol. The van der Waals surface area contributed by atoms with Crippen LogP contribution in [0.4, 0.5) is 4.79 Å². The molecule has 2 heterocycles. The molecule has 2 unspecified atom stereocenters. The van der Waals surface area contributed by atoms with Crippen molar-refractivity contribution in [1.29, 1.82) is 0 Å². The molecule has 2 aromatic rings. The molecule has 2 atom stereocenters. The summed E-state index contributed by atoms with van der Waals surface area (Å²) < 4.78 is 0. The average molecular weight is 366 g/mol. The number of isocyanates is 1. The molecule has 0 radical (unpaired) electrons. The van der Waals surface area contributed by atoms with Crippen LogP contribution in [0.5, 0.6) is 0 Å². The maximum atomic E-state index is 12.7. The smallest absolute Gasteiger partial charge is 0.317 e. The number of benzene rings is 1. The first-order valence-electron chi connectivity index (χ1n) is 9.89. The molecule has 1 aromatic carbocycles. The van der Waals surface area contributed by atoms with E-state index in [9.17, 15) is 9.59 Å². The Hall–Kier alpha value is -2.59. The normalized spacial score (nSPS) is 22.1. The second-order valence-electron chi connectivity index (χ2n) is 7.82. The van der Waals surface area contributed by atoms with Gasteiger partial charge >= 0.3 is 6.03 Å². The lowest BCUT2D eigenvalue weighted by Gasteiger charge is -2.31. The van der Waals surface area contributed by atoms with Crippen molar-refractivity contribution >= 4 is 23.0 Å². The number of para-hydroxylation sites is 1. The summed E-state index contributed by atoms with van der Waals surface area (Å²) in [4.78, 5) is 32.1. The van der Waals surface area contributed by atoms with E-state index in [1.807, 2.05) is 17.0 Å². The van der Waals surface area contributed by atoms with Crippen LogP contribution < -0.4 is 5.32 Å². The molecule has 2 aliphatic rings. The van der Waals surface area contributed by atoms with E-state index in [2.05, 4.69) is 27.4 Å². The molecule has 27 heavy (non-hydrogen) atoms. The van der Waals surface area contributed by atoms with Gasteiger partial charge in [0.1, 0.15) is 0 Å². The number of hydrogen-bond donors (Lipinski definition) is 2. The molecule has 1 aliphatic carbocycles. The summed E-state index contributed by atoms with van der Waals surface area (Å²) in [7, 11) is 0. The number of aromatic nitrogens is 1. The van der Waals surface area contributed by atoms with E-state index in [1.54, 1.807) is 6.08 Å². The topological polar surface area (TPSA) is 77.6 Å². The third-order valence-electron chi connectivity index (χ3n) is 6.02. The van der Waals surface area contributed by atoms with E-state index in [4.69, 9.17) is 0 Å². The van der Waals surface area contributed by atoms with Crippen LogP contribution in [0.2, 0.25) is 0 Å². The minimum Gasteiger partial charge on any atom is -0.358 e. The first-order chi connectivity index (χ1) is 13.2. The minimum absolute atomic E-state index is 0.0268. The predicted molar refractivity (Wildman–Crippen MR) is 104 cm³/mol. The summed E-state index contributed by atoms with van der Waals surface area (Å²) >= 11 is 0. The second-order valence-corrected chi connectivity index (χ2v) is 7.82. The van der Waals surface area contributed by atoms with Gasteiger partial charge < -0.3 is 15.2 Å². The molecule has 2 N–H and O–H groups in total. The van der Waals surface area contributed by atoms with E-state index >= 15 is 0 Å². The van der Waals surface area contributed by atoms with Crippen LogP contribution in [0.1, 0.15) is 36.9 Å². The van der Waals surface area contributed by atoms with Crippen LogP contribution in [0.3, 0.4) is 0 Å². The summed E-state index contributed by atoms with van der Waals surface area (Å²) in [6.07, 6.45) is 6.92. The average Bonchev–Trinajstić information content (AvgIpc) is 3.08. The Labute approximate surface area is 159 Å². The lowest BCUT2D eigenvalue weighted by atomic mass is 9.81. The monoisotopic (exact) mass is 366 g/mol. The van der Waals surface area contributed by atoms with E-state index in [0.29, 0.717) is 31.5 Å². The largest absolute Gasteiger partial charge is 0.358 e. The number of amides is 2. The Morgan fingerprint density at radius 2 is 2.15 bits per heavy atom. The van der Waals surface area contributed by atoms with Gasteiger partial charge in [-0.3, -0.25) is 0 Å². The zero-order valence-corrected chi connectivity index (χ0v) is 15.5. The van der Waals surface area contributed by atoms with Crippen LogP contribution in [0.15, 0.2) is 29.3 Å². The standard InChI is InChI=1S/C21H26N4O2/c26-14-22-11-15-4-3-5-16(10-15)12-23-21(27)25-9-8-20-18(13-25)17-6-1-2-7-19(17)24-20/h1-2,6-7,15-16,24H,3-5,8-13H2,(H,23,27). The van der Waals surface area contributed by atoms with Gasteiger partial charge in [0.15, 0.2) is 0 Å². The molecule has 0 bridgehead atoms. The van der Waals surface area contributed by atoms with Gasteiger partial charge in [0.25, 0.3) is 0 Å². The lowest BCUT2D eigenvalue weighted by molar-refractivity contribution is 0.186. The van der Waals surface area contributed by atoms with Crippen LogP contribution in [-0.2, 0) is 17.8 Å². The third-order valence-corrected chi connectivity index (χ3v) is 6.02. The molecule has 1 aromatic heterocycles. The first-order valence-corrected chi connectivity index (χ1v) is 9.89. The predicted octanol–water partition coefficient (Wildman–Crippen LogP) is 3.38. The van der Waals surface area contributed by atoms with Crippen molar-refractivity contribution in [1.82, 2.24) is 15.2 Å². The summed E-state index contributed by atoms with van der Waals surface area (Å²) in [5.74, 6) is 0.925. The van der Waals surface area contributed by atoms with Crippen molar-refractivity contribution in [2.45, 2.75) is 38.6 Å². The van der Waals surface area contributed by atoms with Crippen molar-refractivity contribution in [2.24, 2.45) is 16.8 Å². The summed E-state index contributed by atoms with van der Waals surface area (Å²) in [6.45, 7) is 2.68. The van der Waals surface area contributed by atoms with Gasteiger partial charge in [-0.2, -0.15) is 0 Å². The van der Waals surface area contributed by atoms with Crippen molar-refractivity contribution in [2.75, 3.05) is 19.6 Å².